The van der Waals surface area contributed by atoms with Gasteiger partial charge < -0.3 is 20.1 Å². The van der Waals surface area contributed by atoms with Gasteiger partial charge >= 0.3 is 12.0 Å². The number of carbonyl (C=O) groups excluding carboxylic acids is 2. The van der Waals surface area contributed by atoms with Crippen LogP contribution in [-0.2, 0) is 9.53 Å². The van der Waals surface area contributed by atoms with E-state index in [2.05, 4.69) is 17.6 Å². The van der Waals surface area contributed by atoms with Gasteiger partial charge in [0.05, 0.1) is 25.3 Å². The van der Waals surface area contributed by atoms with Crippen LogP contribution in [0.5, 0.6) is 5.75 Å². The first-order valence-electron chi connectivity index (χ1n) is 8.16. The third-order valence-electron chi connectivity index (χ3n) is 3.92. The normalized spacial score (nSPS) is 17.1. The monoisotopic (exact) mass is 332 g/mol. The molecule has 1 aromatic carbocycles. The Balaban J connectivity index is 2.28. The third-order valence-corrected chi connectivity index (χ3v) is 3.92. The molecule has 2 amide bonds. The van der Waals surface area contributed by atoms with Gasteiger partial charge in [0.25, 0.3) is 0 Å². The molecule has 24 heavy (non-hydrogen) atoms. The maximum atomic E-state index is 12.5. The van der Waals surface area contributed by atoms with E-state index in [4.69, 9.17) is 9.47 Å². The number of unbranched alkanes of at least 4 members (excludes halogenated alkanes) is 2. The number of urea groups is 1. The van der Waals surface area contributed by atoms with Gasteiger partial charge in [0.15, 0.2) is 0 Å². The molecule has 0 aliphatic carbocycles. The minimum atomic E-state index is -0.603. The molecule has 0 radical (unpaired) electrons. The highest BCUT2D eigenvalue weighted by Crippen LogP contribution is 2.33. The van der Waals surface area contributed by atoms with E-state index >= 15 is 0 Å². The van der Waals surface area contributed by atoms with Crippen molar-refractivity contribution in [1.82, 2.24) is 10.6 Å². The lowest BCUT2D eigenvalue weighted by Crippen LogP contribution is -2.45. The Morgan fingerprint density at radius 1 is 1.25 bits per heavy atom. The van der Waals surface area contributed by atoms with Crippen LogP contribution in [0.15, 0.2) is 35.5 Å². The van der Waals surface area contributed by atoms with Crippen molar-refractivity contribution in [1.29, 1.82) is 0 Å². The van der Waals surface area contributed by atoms with E-state index in [0.29, 0.717) is 23.6 Å². The van der Waals surface area contributed by atoms with Crippen LogP contribution >= 0.6 is 0 Å². The van der Waals surface area contributed by atoms with E-state index in [9.17, 15) is 9.59 Å². The quantitative estimate of drug-likeness (QED) is 0.594. The van der Waals surface area contributed by atoms with Crippen molar-refractivity contribution in [3.63, 3.8) is 0 Å². The Labute approximate surface area is 142 Å². The summed E-state index contributed by atoms with van der Waals surface area (Å²) in [7, 11) is 1.56. The molecule has 2 rings (SSSR count). The molecule has 1 atom stereocenters. The Bertz CT molecular complexity index is 640. The van der Waals surface area contributed by atoms with E-state index in [0.717, 1.165) is 24.8 Å². The summed E-state index contributed by atoms with van der Waals surface area (Å²) < 4.78 is 10.7. The molecule has 0 saturated heterocycles. The highest BCUT2D eigenvalue weighted by molar-refractivity contribution is 5.95. The van der Waals surface area contributed by atoms with E-state index in [-0.39, 0.29) is 6.03 Å². The molecule has 0 unspecified atom stereocenters. The predicted octanol–water partition coefficient (Wildman–Crippen LogP) is 3.06. The van der Waals surface area contributed by atoms with Crippen LogP contribution in [0.4, 0.5) is 4.79 Å². The number of benzene rings is 1. The average molecular weight is 332 g/mol. The van der Waals surface area contributed by atoms with Gasteiger partial charge in [-0.2, -0.15) is 0 Å². The maximum absolute atomic E-state index is 12.5. The minimum absolute atomic E-state index is 0.356. The number of carbonyl (C=O) groups is 2. The number of hydrogen-bond acceptors (Lipinski definition) is 4. The zero-order valence-electron chi connectivity index (χ0n) is 14.3. The Kier molecular flexibility index (Phi) is 6.23. The number of amides is 2. The van der Waals surface area contributed by atoms with Gasteiger partial charge in [-0.1, -0.05) is 38.0 Å². The summed E-state index contributed by atoms with van der Waals surface area (Å²) in [4.78, 5) is 24.4. The summed E-state index contributed by atoms with van der Waals surface area (Å²) in [5, 5.41) is 5.42. The lowest BCUT2D eigenvalue weighted by atomic mass is 9.95. The lowest BCUT2D eigenvalue weighted by Gasteiger charge is -2.29. The van der Waals surface area contributed by atoms with Crippen molar-refractivity contribution in [2.75, 3.05) is 13.7 Å². The molecule has 0 fully saturated rings. The molecule has 1 aliphatic rings. The van der Waals surface area contributed by atoms with Gasteiger partial charge in [0, 0.05) is 11.3 Å². The fourth-order valence-electron chi connectivity index (χ4n) is 2.70. The number of para-hydroxylation sites is 1. The minimum Gasteiger partial charge on any atom is -0.496 e. The van der Waals surface area contributed by atoms with Crippen molar-refractivity contribution in [3.05, 3.63) is 41.1 Å². The van der Waals surface area contributed by atoms with Gasteiger partial charge in [-0.25, -0.2) is 9.59 Å². The van der Waals surface area contributed by atoms with Crippen LogP contribution in [-0.4, -0.2) is 25.7 Å². The molecule has 1 aromatic rings. The van der Waals surface area contributed by atoms with Crippen LogP contribution in [0.2, 0.25) is 0 Å². The van der Waals surface area contributed by atoms with E-state index in [1.54, 1.807) is 20.1 Å². The van der Waals surface area contributed by atoms with Gasteiger partial charge in [-0.05, 0) is 19.4 Å². The third kappa shape index (κ3) is 4.07. The van der Waals surface area contributed by atoms with E-state index in [1.165, 1.54) is 0 Å². The zero-order valence-corrected chi connectivity index (χ0v) is 14.3. The summed E-state index contributed by atoms with van der Waals surface area (Å²) in [5.74, 6) is 0.181. The number of methoxy groups -OCH3 is 1. The molecule has 0 spiro atoms. The average Bonchev–Trinajstić information content (AvgIpc) is 2.57. The molecule has 2 N–H and O–H groups in total. The second-order valence-electron chi connectivity index (χ2n) is 5.66. The number of hydrogen-bond donors (Lipinski definition) is 2. The topological polar surface area (TPSA) is 76.7 Å². The Morgan fingerprint density at radius 2 is 2.00 bits per heavy atom. The number of esters is 1. The van der Waals surface area contributed by atoms with E-state index < -0.39 is 12.0 Å². The summed E-state index contributed by atoms with van der Waals surface area (Å²) in [5.41, 5.74) is 1.61. The summed E-state index contributed by atoms with van der Waals surface area (Å²) >= 11 is 0. The van der Waals surface area contributed by atoms with Crippen LogP contribution < -0.4 is 15.4 Å². The number of rotatable bonds is 7. The predicted molar refractivity (Wildman–Crippen MR) is 90.6 cm³/mol. The summed E-state index contributed by atoms with van der Waals surface area (Å²) in [6, 6.07) is 6.34. The van der Waals surface area contributed by atoms with Gasteiger partial charge in [-0.3, -0.25) is 0 Å². The highest BCUT2D eigenvalue weighted by atomic mass is 16.5. The van der Waals surface area contributed by atoms with Gasteiger partial charge in [0.2, 0.25) is 0 Å². The molecule has 1 aliphatic heterocycles. The number of allylic oxidation sites excluding steroid dienone is 1. The Hall–Kier alpha value is -2.50. The second-order valence-corrected chi connectivity index (χ2v) is 5.66. The molecular weight excluding hydrogens is 308 g/mol. The van der Waals surface area contributed by atoms with Crippen molar-refractivity contribution in [2.45, 2.75) is 39.2 Å². The van der Waals surface area contributed by atoms with Crippen LogP contribution in [0.25, 0.3) is 0 Å². The van der Waals surface area contributed by atoms with E-state index in [1.807, 2.05) is 18.2 Å². The molecule has 0 bridgehead atoms. The standard InChI is InChI=1S/C18H24N2O4/c1-4-5-8-11-24-17(21)15-12(2)19-18(22)20-16(15)13-9-6-7-10-14(13)23-3/h6-7,9-10,16H,4-5,8,11H2,1-3H3,(H2,19,20,22)/t16-/m1/s1. The molecule has 1 heterocycles. The fraction of sp³-hybridized carbons (Fsp3) is 0.444. The van der Waals surface area contributed by atoms with Crippen LogP contribution in [0.1, 0.15) is 44.7 Å². The smallest absolute Gasteiger partial charge is 0.338 e. The largest absolute Gasteiger partial charge is 0.496 e. The van der Waals surface area contributed by atoms with Crippen molar-refractivity contribution >= 4 is 12.0 Å². The summed E-state index contributed by atoms with van der Waals surface area (Å²) in [6.45, 7) is 4.16. The zero-order chi connectivity index (χ0) is 17.5. The molecular formula is C18H24N2O4. The second kappa shape index (κ2) is 8.38. The SMILES string of the molecule is CCCCCOC(=O)C1=C(C)NC(=O)N[C@@H]1c1ccccc1OC. The van der Waals surface area contributed by atoms with Gasteiger partial charge in [0.1, 0.15) is 5.75 Å². The molecule has 0 saturated carbocycles. The molecule has 0 aromatic heterocycles. The lowest BCUT2D eigenvalue weighted by molar-refractivity contribution is -0.139. The van der Waals surface area contributed by atoms with Crippen LogP contribution in [0.3, 0.4) is 0 Å². The molecule has 6 heteroatoms. The van der Waals surface area contributed by atoms with Crippen LogP contribution in [0, 0.1) is 0 Å². The number of ether oxygens (including phenoxy) is 2. The highest BCUT2D eigenvalue weighted by Gasteiger charge is 2.33. The van der Waals surface area contributed by atoms with Crippen molar-refractivity contribution in [2.24, 2.45) is 0 Å². The van der Waals surface area contributed by atoms with Gasteiger partial charge in [-0.15, -0.1) is 0 Å². The molecule has 6 nitrogen and oxygen atoms in total. The molecule has 130 valence electrons. The van der Waals surface area contributed by atoms with Crippen molar-refractivity contribution in [3.8, 4) is 5.75 Å². The van der Waals surface area contributed by atoms with Crippen molar-refractivity contribution < 1.29 is 19.1 Å². The summed E-state index contributed by atoms with van der Waals surface area (Å²) in [6.07, 6.45) is 2.89. The Morgan fingerprint density at radius 3 is 2.71 bits per heavy atom. The maximum Gasteiger partial charge on any atom is 0.338 e. The first-order valence-corrected chi connectivity index (χ1v) is 8.16. The fourth-order valence-corrected chi connectivity index (χ4v) is 2.70. The first kappa shape index (κ1) is 17.8. The number of nitrogens with one attached hydrogen (secondary N) is 2. The first-order chi connectivity index (χ1) is 11.6.